The number of fused-ring (bicyclic) bond motifs is 1. The number of ether oxygens (including phenoxy) is 2. The van der Waals surface area contributed by atoms with Crippen LogP contribution in [0.15, 0.2) is 91.0 Å². The van der Waals surface area contributed by atoms with Gasteiger partial charge in [-0.3, -0.25) is 4.79 Å². The van der Waals surface area contributed by atoms with E-state index >= 15 is 0 Å². The molecule has 1 atom stereocenters. The van der Waals surface area contributed by atoms with Crippen molar-refractivity contribution < 1.29 is 33.8 Å². The first kappa shape index (κ1) is 26.5. The van der Waals surface area contributed by atoms with Gasteiger partial charge in [-0.25, -0.2) is 0 Å². The van der Waals surface area contributed by atoms with Gasteiger partial charge < -0.3 is 38.8 Å². The van der Waals surface area contributed by atoms with Crippen LogP contribution in [0, 0.1) is 0 Å². The molecule has 0 radical (unpaired) electrons. The Balaban J connectivity index is 1.11. The van der Waals surface area contributed by atoms with E-state index in [1.165, 1.54) is 17.3 Å². The van der Waals surface area contributed by atoms with Crippen LogP contribution < -0.4 is 14.9 Å². The highest BCUT2D eigenvalue weighted by Gasteiger charge is 2.31. The molecule has 9 nitrogen and oxygen atoms in total. The minimum Gasteiger partial charge on any atom is -0.494 e. The predicted molar refractivity (Wildman–Crippen MR) is 153 cm³/mol. The minimum absolute atomic E-state index is 0.0743. The standard InChI is InChI=1S/C31H31BN2O7/c1-33-19-29(35)40-32(41-30(36)20-33)22-9-13-24(14-10-22)39-28-16-15-26-25(28)5-4-6-27(26)38-23-11-7-21(8-12-23)31(37)34-17-2-3-18-34/h4-14,19-20,28,35-36H,2-3,15-18H2,1H3/b29-19-,30-20?/t28-/m1/s1. The van der Waals surface area contributed by atoms with Crippen LogP contribution in [0.5, 0.6) is 17.2 Å². The highest BCUT2D eigenvalue weighted by molar-refractivity contribution is 6.61. The topological polar surface area (TPSA) is 101 Å². The molecule has 0 saturated carbocycles. The first-order valence-corrected chi connectivity index (χ1v) is 13.8. The van der Waals surface area contributed by atoms with Crippen molar-refractivity contribution in [1.82, 2.24) is 9.80 Å². The van der Waals surface area contributed by atoms with Crippen molar-refractivity contribution in [2.75, 3.05) is 20.1 Å². The van der Waals surface area contributed by atoms with E-state index in [1.54, 1.807) is 31.3 Å². The van der Waals surface area contributed by atoms with E-state index in [4.69, 9.17) is 18.8 Å². The molecule has 2 aliphatic heterocycles. The van der Waals surface area contributed by atoms with Crippen LogP contribution in [0.4, 0.5) is 0 Å². The smallest absolute Gasteiger partial charge is 0.494 e. The molecule has 3 aromatic carbocycles. The lowest BCUT2D eigenvalue weighted by Crippen LogP contribution is -2.37. The van der Waals surface area contributed by atoms with Crippen molar-refractivity contribution in [3.63, 3.8) is 0 Å². The van der Waals surface area contributed by atoms with E-state index < -0.39 is 7.12 Å². The Morgan fingerprint density at radius 3 is 2.24 bits per heavy atom. The fourth-order valence-corrected chi connectivity index (χ4v) is 5.39. The summed E-state index contributed by atoms with van der Waals surface area (Å²) in [5.74, 6) is 1.53. The van der Waals surface area contributed by atoms with Gasteiger partial charge in [0.15, 0.2) is 0 Å². The van der Waals surface area contributed by atoms with Crippen LogP contribution in [0.3, 0.4) is 0 Å². The van der Waals surface area contributed by atoms with E-state index in [-0.39, 0.29) is 23.9 Å². The van der Waals surface area contributed by atoms with Gasteiger partial charge in [0.05, 0.1) is 12.4 Å². The molecule has 3 aliphatic rings. The van der Waals surface area contributed by atoms with E-state index in [2.05, 4.69) is 6.07 Å². The molecule has 41 heavy (non-hydrogen) atoms. The lowest BCUT2D eigenvalue weighted by Gasteiger charge is -2.20. The Morgan fingerprint density at radius 1 is 0.902 bits per heavy atom. The van der Waals surface area contributed by atoms with Gasteiger partial charge in [0, 0.05) is 36.7 Å². The summed E-state index contributed by atoms with van der Waals surface area (Å²) in [6.45, 7) is 1.65. The molecule has 3 aromatic rings. The van der Waals surface area contributed by atoms with Gasteiger partial charge in [-0.05, 0) is 73.7 Å². The molecule has 2 N–H and O–H groups in total. The van der Waals surface area contributed by atoms with Gasteiger partial charge in [0.2, 0.25) is 0 Å². The first-order chi connectivity index (χ1) is 19.9. The number of carbonyl (C=O) groups excluding carboxylic acids is 1. The highest BCUT2D eigenvalue weighted by atomic mass is 16.7. The number of hydrogen-bond donors (Lipinski definition) is 2. The molecule has 1 saturated heterocycles. The van der Waals surface area contributed by atoms with E-state index in [9.17, 15) is 15.0 Å². The number of aliphatic hydroxyl groups excluding tert-OH is 2. The molecule has 6 rings (SSSR count). The molecule has 0 bridgehead atoms. The van der Waals surface area contributed by atoms with Gasteiger partial charge in [-0.15, -0.1) is 0 Å². The summed E-state index contributed by atoms with van der Waals surface area (Å²) in [4.78, 5) is 16.0. The Morgan fingerprint density at radius 2 is 1.56 bits per heavy atom. The van der Waals surface area contributed by atoms with Crippen LogP contribution in [-0.4, -0.2) is 53.2 Å². The molecule has 1 amide bonds. The van der Waals surface area contributed by atoms with Crippen molar-refractivity contribution in [2.24, 2.45) is 0 Å². The van der Waals surface area contributed by atoms with Crippen molar-refractivity contribution >= 4 is 18.5 Å². The second-order valence-corrected chi connectivity index (χ2v) is 10.3. The molecule has 0 spiro atoms. The first-order valence-electron chi connectivity index (χ1n) is 13.8. The number of nitrogens with zero attached hydrogens (tertiary/aromatic N) is 2. The van der Waals surface area contributed by atoms with Crippen LogP contribution in [0.1, 0.15) is 46.9 Å². The van der Waals surface area contributed by atoms with Crippen LogP contribution in [0.2, 0.25) is 0 Å². The summed E-state index contributed by atoms with van der Waals surface area (Å²) in [7, 11) is 0.600. The van der Waals surface area contributed by atoms with Crippen LogP contribution in [-0.2, 0) is 15.7 Å². The van der Waals surface area contributed by atoms with Gasteiger partial charge in [0.25, 0.3) is 17.8 Å². The maximum Gasteiger partial charge on any atom is 0.636 e. The van der Waals surface area contributed by atoms with Crippen molar-refractivity contribution in [3.8, 4) is 17.2 Å². The van der Waals surface area contributed by atoms with Gasteiger partial charge in [-0.2, -0.15) is 0 Å². The molecule has 0 aromatic heterocycles. The van der Waals surface area contributed by atoms with Gasteiger partial charge in [0.1, 0.15) is 23.4 Å². The zero-order valence-electron chi connectivity index (χ0n) is 22.7. The van der Waals surface area contributed by atoms with Crippen molar-refractivity contribution in [1.29, 1.82) is 0 Å². The number of carbonyl (C=O) groups is 1. The Kier molecular flexibility index (Phi) is 7.37. The summed E-state index contributed by atoms with van der Waals surface area (Å²) < 4.78 is 23.4. The Labute approximate surface area is 239 Å². The third kappa shape index (κ3) is 5.91. The SMILES string of the molecule is CN1C=C(O)OB(c2ccc(O[C@@H]3CCc4c(Oc5ccc(C(=O)N6CCCC6)cc5)cccc43)cc2)O/C(O)=C\1. The highest BCUT2D eigenvalue weighted by Crippen LogP contribution is 2.41. The largest absolute Gasteiger partial charge is 0.636 e. The predicted octanol–water partition coefficient (Wildman–Crippen LogP) is 5.17. The summed E-state index contributed by atoms with van der Waals surface area (Å²) in [6, 6.07) is 20.5. The van der Waals surface area contributed by atoms with Gasteiger partial charge in [-0.1, -0.05) is 24.3 Å². The normalized spacial score (nSPS) is 19.6. The monoisotopic (exact) mass is 554 g/mol. The summed E-state index contributed by atoms with van der Waals surface area (Å²) >= 11 is 0. The maximum absolute atomic E-state index is 12.7. The maximum atomic E-state index is 12.7. The second-order valence-electron chi connectivity index (χ2n) is 10.3. The van der Waals surface area contributed by atoms with E-state index in [0.717, 1.165) is 55.6 Å². The lowest BCUT2D eigenvalue weighted by atomic mass is 9.79. The van der Waals surface area contributed by atoms with Crippen molar-refractivity contribution in [3.05, 3.63) is 108 Å². The molecule has 10 heteroatoms. The van der Waals surface area contributed by atoms with Gasteiger partial charge >= 0.3 is 7.12 Å². The average Bonchev–Trinajstić information content (AvgIpc) is 3.64. The van der Waals surface area contributed by atoms with Crippen LogP contribution >= 0.6 is 0 Å². The second kappa shape index (κ2) is 11.4. The van der Waals surface area contributed by atoms with Crippen LogP contribution in [0.25, 0.3) is 0 Å². The quantitative estimate of drug-likeness (QED) is 0.403. The zero-order valence-corrected chi connectivity index (χ0v) is 22.7. The number of benzene rings is 3. The molecule has 2 heterocycles. The molecule has 210 valence electrons. The molecular formula is C31H31BN2O7. The lowest BCUT2D eigenvalue weighted by molar-refractivity contribution is 0.0792. The number of rotatable bonds is 6. The Hall–Kier alpha value is -4.73. The third-order valence-electron chi connectivity index (χ3n) is 7.41. The Bertz CT molecular complexity index is 1440. The third-order valence-corrected chi connectivity index (χ3v) is 7.41. The molecule has 0 unspecified atom stereocenters. The van der Waals surface area contributed by atoms with E-state index in [1.807, 2.05) is 41.3 Å². The number of amides is 1. The fraction of sp³-hybridized carbons (Fsp3) is 0.258. The molecule has 1 aliphatic carbocycles. The summed E-state index contributed by atoms with van der Waals surface area (Å²) in [6.07, 6.45) is 6.27. The summed E-state index contributed by atoms with van der Waals surface area (Å²) in [5, 5.41) is 20.0. The average molecular weight is 554 g/mol. The molecular weight excluding hydrogens is 523 g/mol. The number of aliphatic hydroxyl groups is 2. The number of hydrogen-bond acceptors (Lipinski definition) is 8. The minimum atomic E-state index is -1.02. The molecule has 1 fully saturated rings. The fourth-order valence-electron chi connectivity index (χ4n) is 5.39. The zero-order chi connectivity index (χ0) is 28.3. The van der Waals surface area contributed by atoms with Crippen molar-refractivity contribution in [2.45, 2.75) is 31.8 Å². The van der Waals surface area contributed by atoms with E-state index in [0.29, 0.717) is 22.5 Å². The summed E-state index contributed by atoms with van der Waals surface area (Å²) in [5.41, 5.74) is 3.46. The number of likely N-dealkylation sites (tertiary alicyclic amines) is 1.